The first kappa shape index (κ1) is 17.3. The van der Waals surface area contributed by atoms with Crippen LogP contribution in [-0.2, 0) is 16.1 Å². The molecule has 3 atom stereocenters. The Bertz CT molecular complexity index is 552. The predicted octanol–water partition coefficient (Wildman–Crippen LogP) is 1.30. The SMILES string of the molecule is O=C(CN1CCOC[C@@H]1[C@@H]1CCC[C@H]1O)NCc1ccc(F)cc1. The zero-order valence-electron chi connectivity index (χ0n) is 13.8. The van der Waals surface area contributed by atoms with E-state index in [9.17, 15) is 14.3 Å². The summed E-state index contributed by atoms with van der Waals surface area (Å²) in [4.78, 5) is 14.4. The molecule has 24 heavy (non-hydrogen) atoms. The third-order valence-electron chi connectivity index (χ3n) is 5.06. The fraction of sp³-hybridized carbons (Fsp3) is 0.611. The van der Waals surface area contributed by atoms with Crippen molar-refractivity contribution in [2.75, 3.05) is 26.3 Å². The van der Waals surface area contributed by atoms with Crippen LogP contribution in [0.25, 0.3) is 0 Å². The molecule has 0 spiro atoms. The highest BCUT2D eigenvalue weighted by Gasteiger charge is 2.38. The molecule has 1 aromatic rings. The normalized spacial score (nSPS) is 28.0. The molecule has 1 aliphatic carbocycles. The maximum Gasteiger partial charge on any atom is 0.234 e. The lowest BCUT2D eigenvalue weighted by atomic mass is 9.94. The van der Waals surface area contributed by atoms with Gasteiger partial charge in [-0.05, 0) is 30.5 Å². The number of benzene rings is 1. The van der Waals surface area contributed by atoms with E-state index in [0.717, 1.165) is 24.8 Å². The van der Waals surface area contributed by atoms with Crippen molar-refractivity contribution in [2.45, 2.75) is 38.0 Å². The van der Waals surface area contributed by atoms with E-state index in [1.54, 1.807) is 12.1 Å². The Balaban J connectivity index is 1.52. The summed E-state index contributed by atoms with van der Waals surface area (Å²) in [7, 11) is 0. The van der Waals surface area contributed by atoms with Crippen molar-refractivity contribution >= 4 is 5.91 Å². The number of rotatable bonds is 5. The van der Waals surface area contributed by atoms with Crippen LogP contribution in [0.1, 0.15) is 24.8 Å². The maximum absolute atomic E-state index is 12.9. The number of morpholine rings is 1. The van der Waals surface area contributed by atoms with Crippen molar-refractivity contribution in [2.24, 2.45) is 5.92 Å². The van der Waals surface area contributed by atoms with Gasteiger partial charge in [0.15, 0.2) is 0 Å². The second-order valence-electron chi connectivity index (χ2n) is 6.68. The van der Waals surface area contributed by atoms with Crippen LogP contribution in [0.5, 0.6) is 0 Å². The summed E-state index contributed by atoms with van der Waals surface area (Å²) in [5.41, 5.74) is 0.870. The average Bonchev–Trinajstić information content (AvgIpc) is 3.01. The monoisotopic (exact) mass is 336 g/mol. The fourth-order valence-electron chi connectivity index (χ4n) is 3.71. The Morgan fingerprint density at radius 3 is 2.83 bits per heavy atom. The van der Waals surface area contributed by atoms with Crippen molar-refractivity contribution in [1.82, 2.24) is 10.2 Å². The minimum absolute atomic E-state index is 0.0567. The van der Waals surface area contributed by atoms with Crippen LogP contribution in [0.3, 0.4) is 0 Å². The number of carbonyl (C=O) groups is 1. The van der Waals surface area contributed by atoms with E-state index in [-0.39, 0.29) is 29.8 Å². The highest BCUT2D eigenvalue weighted by atomic mass is 19.1. The molecule has 0 bridgehead atoms. The number of hydrogen-bond acceptors (Lipinski definition) is 4. The molecule has 2 N–H and O–H groups in total. The number of aliphatic hydroxyl groups is 1. The van der Waals surface area contributed by atoms with E-state index in [2.05, 4.69) is 10.2 Å². The summed E-state index contributed by atoms with van der Waals surface area (Å²) in [6, 6.07) is 6.22. The lowest BCUT2D eigenvalue weighted by Gasteiger charge is -2.39. The molecule has 6 heteroatoms. The first-order valence-corrected chi connectivity index (χ1v) is 8.64. The van der Waals surface area contributed by atoms with Crippen LogP contribution in [0.2, 0.25) is 0 Å². The quantitative estimate of drug-likeness (QED) is 0.851. The minimum Gasteiger partial charge on any atom is -0.393 e. The van der Waals surface area contributed by atoms with Crippen LogP contribution >= 0.6 is 0 Å². The highest BCUT2D eigenvalue weighted by molar-refractivity contribution is 5.78. The van der Waals surface area contributed by atoms with E-state index in [4.69, 9.17) is 4.74 Å². The van der Waals surface area contributed by atoms with Gasteiger partial charge in [-0.15, -0.1) is 0 Å². The van der Waals surface area contributed by atoms with Crippen LogP contribution in [-0.4, -0.2) is 54.4 Å². The second-order valence-corrected chi connectivity index (χ2v) is 6.68. The van der Waals surface area contributed by atoms with Gasteiger partial charge in [-0.2, -0.15) is 0 Å². The average molecular weight is 336 g/mol. The standard InChI is InChI=1S/C18H25FN2O3/c19-14-6-4-13(5-7-14)10-20-18(23)11-21-8-9-24-12-16(21)15-2-1-3-17(15)22/h4-7,15-17,22H,1-3,8-12H2,(H,20,23)/t15-,16+,17+/m0/s1. The summed E-state index contributed by atoms with van der Waals surface area (Å²) >= 11 is 0. The number of nitrogens with one attached hydrogen (secondary N) is 1. The molecule has 1 aromatic carbocycles. The van der Waals surface area contributed by atoms with Crippen molar-refractivity contribution in [1.29, 1.82) is 0 Å². The van der Waals surface area contributed by atoms with Crippen molar-refractivity contribution in [3.8, 4) is 0 Å². The number of amides is 1. The van der Waals surface area contributed by atoms with Crippen LogP contribution in [0.4, 0.5) is 4.39 Å². The number of nitrogens with zero attached hydrogens (tertiary/aromatic N) is 1. The molecule has 1 heterocycles. The Labute approximate surface area is 141 Å². The Morgan fingerprint density at radius 1 is 1.33 bits per heavy atom. The molecule has 1 amide bonds. The molecule has 0 radical (unpaired) electrons. The number of ether oxygens (including phenoxy) is 1. The van der Waals surface area contributed by atoms with E-state index >= 15 is 0 Å². The summed E-state index contributed by atoms with van der Waals surface area (Å²) < 4.78 is 18.5. The molecule has 0 unspecified atom stereocenters. The molecule has 5 nitrogen and oxygen atoms in total. The smallest absolute Gasteiger partial charge is 0.234 e. The fourth-order valence-corrected chi connectivity index (χ4v) is 3.71. The van der Waals surface area contributed by atoms with Gasteiger partial charge in [0.1, 0.15) is 5.82 Å². The van der Waals surface area contributed by atoms with Gasteiger partial charge in [-0.25, -0.2) is 4.39 Å². The summed E-state index contributed by atoms with van der Waals surface area (Å²) in [6.45, 7) is 2.59. The molecule has 2 fully saturated rings. The summed E-state index contributed by atoms with van der Waals surface area (Å²) in [6.07, 6.45) is 2.57. The molecular weight excluding hydrogens is 311 g/mol. The predicted molar refractivity (Wildman–Crippen MR) is 87.8 cm³/mol. The molecule has 2 aliphatic rings. The number of hydrogen-bond donors (Lipinski definition) is 2. The van der Waals surface area contributed by atoms with Gasteiger partial charge in [0, 0.05) is 25.0 Å². The van der Waals surface area contributed by atoms with Gasteiger partial charge in [-0.1, -0.05) is 18.6 Å². The Morgan fingerprint density at radius 2 is 2.12 bits per heavy atom. The third kappa shape index (κ3) is 4.32. The largest absolute Gasteiger partial charge is 0.393 e. The highest BCUT2D eigenvalue weighted by Crippen LogP contribution is 2.32. The number of carbonyl (C=O) groups excluding carboxylic acids is 1. The molecule has 132 valence electrons. The zero-order chi connectivity index (χ0) is 16.9. The minimum atomic E-state index is -0.290. The van der Waals surface area contributed by atoms with E-state index < -0.39 is 0 Å². The molecule has 1 saturated carbocycles. The zero-order valence-corrected chi connectivity index (χ0v) is 13.8. The Kier molecular flexibility index (Phi) is 5.81. The van der Waals surface area contributed by atoms with E-state index in [0.29, 0.717) is 32.8 Å². The van der Waals surface area contributed by atoms with Gasteiger partial charge in [0.2, 0.25) is 5.91 Å². The third-order valence-corrected chi connectivity index (χ3v) is 5.06. The van der Waals surface area contributed by atoms with Gasteiger partial charge in [0.05, 0.1) is 25.9 Å². The van der Waals surface area contributed by atoms with Crippen molar-refractivity contribution in [3.05, 3.63) is 35.6 Å². The van der Waals surface area contributed by atoms with Crippen LogP contribution < -0.4 is 5.32 Å². The van der Waals surface area contributed by atoms with E-state index in [1.165, 1.54) is 12.1 Å². The number of halogens is 1. The first-order chi connectivity index (χ1) is 11.6. The van der Waals surface area contributed by atoms with Crippen molar-refractivity contribution < 1.29 is 19.0 Å². The van der Waals surface area contributed by atoms with Crippen LogP contribution in [0.15, 0.2) is 24.3 Å². The van der Waals surface area contributed by atoms with Crippen LogP contribution in [0, 0.1) is 11.7 Å². The lowest BCUT2D eigenvalue weighted by molar-refractivity contribution is -0.126. The first-order valence-electron chi connectivity index (χ1n) is 8.64. The summed E-state index contributed by atoms with van der Waals surface area (Å²) in [5.74, 6) is -0.148. The van der Waals surface area contributed by atoms with Gasteiger partial charge in [0.25, 0.3) is 0 Å². The summed E-state index contributed by atoms with van der Waals surface area (Å²) in [5, 5.41) is 13.0. The van der Waals surface area contributed by atoms with E-state index in [1.807, 2.05) is 0 Å². The molecular formula is C18H25FN2O3. The van der Waals surface area contributed by atoms with Gasteiger partial charge >= 0.3 is 0 Å². The van der Waals surface area contributed by atoms with Gasteiger partial charge < -0.3 is 15.2 Å². The number of aliphatic hydroxyl groups excluding tert-OH is 1. The van der Waals surface area contributed by atoms with Gasteiger partial charge in [-0.3, -0.25) is 9.69 Å². The second kappa shape index (κ2) is 8.05. The molecule has 1 saturated heterocycles. The lowest BCUT2D eigenvalue weighted by Crippen LogP contribution is -2.53. The Hall–Kier alpha value is -1.50. The molecule has 3 rings (SSSR count). The molecule has 0 aromatic heterocycles. The molecule has 1 aliphatic heterocycles. The topological polar surface area (TPSA) is 61.8 Å². The maximum atomic E-state index is 12.9. The van der Waals surface area contributed by atoms with Crippen molar-refractivity contribution in [3.63, 3.8) is 0 Å².